The first-order chi connectivity index (χ1) is 11.7. The number of carbonyl (C=O) groups is 2. The van der Waals surface area contributed by atoms with Gasteiger partial charge in [0.2, 0.25) is 0 Å². The van der Waals surface area contributed by atoms with E-state index in [9.17, 15) is 9.59 Å². The second-order valence-corrected chi connectivity index (χ2v) is 6.42. The molecule has 128 valence electrons. The molecule has 1 aliphatic rings. The molecule has 0 bridgehead atoms. The molecule has 2 amide bonds. The van der Waals surface area contributed by atoms with Gasteiger partial charge in [0.25, 0.3) is 11.8 Å². The van der Waals surface area contributed by atoms with Crippen LogP contribution in [0.25, 0.3) is 0 Å². The van der Waals surface area contributed by atoms with Crippen LogP contribution in [0.4, 0.5) is 5.00 Å². The Morgan fingerprint density at radius 3 is 2.33 bits per heavy atom. The van der Waals surface area contributed by atoms with E-state index in [4.69, 9.17) is 0 Å². The molecule has 1 aromatic carbocycles. The number of carbonyl (C=O) groups excluding carboxylic acids is 2. The Morgan fingerprint density at radius 1 is 1.00 bits per heavy atom. The molecule has 1 aromatic heterocycles. The van der Waals surface area contributed by atoms with Gasteiger partial charge in [-0.2, -0.15) is 0 Å². The Labute approximate surface area is 147 Å². The Hall–Kier alpha value is -2.14. The Kier molecular flexibility index (Phi) is 6.55. The fourth-order valence-electron chi connectivity index (χ4n) is 2.78. The molecule has 0 unspecified atom stereocenters. The van der Waals surface area contributed by atoms with Gasteiger partial charge in [-0.3, -0.25) is 9.59 Å². The molecule has 1 aliphatic carbocycles. The highest BCUT2D eigenvalue weighted by Gasteiger charge is 2.25. The molecule has 0 saturated heterocycles. The van der Waals surface area contributed by atoms with Gasteiger partial charge in [0.05, 0.1) is 5.56 Å². The summed E-state index contributed by atoms with van der Waals surface area (Å²) in [4.78, 5) is 25.8. The Balaban J connectivity index is 0.00000100. The van der Waals surface area contributed by atoms with Crippen LogP contribution in [-0.4, -0.2) is 18.9 Å². The zero-order valence-corrected chi connectivity index (χ0v) is 15.3. The highest BCUT2D eigenvalue weighted by Crippen LogP contribution is 2.38. The Bertz CT molecular complexity index is 708. The maximum absolute atomic E-state index is 12.4. The third kappa shape index (κ3) is 3.85. The van der Waals surface area contributed by atoms with E-state index in [1.54, 1.807) is 19.2 Å². The standard InChI is InChI=1S/C17H18N2O2S.C2H6/c1-18-16(21)14-12-9-5-6-10-13(12)22-17(14)19-15(20)11-7-3-2-4-8-11;1-2/h2-4,7-8H,5-6,9-10H2,1H3,(H,18,21)(H,19,20);1-2H3. The summed E-state index contributed by atoms with van der Waals surface area (Å²) in [7, 11) is 1.62. The highest BCUT2D eigenvalue weighted by atomic mass is 32.1. The predicted molar refractivity (Wildman–Crippen MR) is 100 cm³/mol. The SMILES string of the molecule is CC.CNC(=O)c1c(NC(=O)c2ccccc2)sc2c1CCCC2. The van der Waals surface area contributed by atoms with Crippen LogP contribution in [0.3, 0.4) is 0 Å². The average molecular weight is 344 g/mol. The summed E-state index contributed by atoms with van der Waals surface area (Å²) in [5.41, 5.74) is 2.35. The van der Waals surface area contributed by atoms with Crippen molar-refractivity contribution >= 4 is 28.2 Å². The van der Waals surface area contributed by atoms with Crippen molar-refractivity contribution < 1.29 is 9.59 Å². The van der Waals surface area contributed by atoms with E-state index >= 15 is 0 Å². The summed E-state index contributed by atoms with van der Waals surface area (Å²) in [5.74, 6) is -0.299. The molecule has 5 heteroatoms. The van der Waals surface area contributed by atoms with Crippen molar-refractivity contribution in [1.29, 1.82) is 0 Å². The molecule has 3 rings (SSSR count). The molecule has 2 aromatic rings. The highest BCUT2D eigenvalue weighted by molar-refractivity contribution is 7.17. The summed E-state index contributed by atoms with van der Waals surface area (Å²) in [6.45, 7) is 4.00. The molecular formula is C19H24N2O2S. The zero-order chi connectivity index (χ0) is 17.5. The van der Waals surface area contributed by atoms with E-state index in [0.29, 0.717) is 16.1 Å². The monoisotopic (exact) mass is 344 g/mol. The minimum Gasteiger partial charge on any atom is -0.355 e. The van der Waals surface area contributed by atoms with Gasteiger partial charge in [-0.05, 0) is 43.4 Å². The average Bonchev–Trinajstić information content (AvgIpc) is 3.01. The van der Waals surface area contributed by atoms with Gasteiger partial charge in [0.15, 0.2) is 0 Å². The summed E-state index contributed by atoms with van der Waals surface area (Å²) in [5, 5.41) is 6.27. The van der Waals surface area contributed by atoms with Crippen LogP contribution in [0.1, 0.15) is 57.8 Å². The number of thiophene rings is 1. The minimum absolute atomic E-state index is 0.122. The van der Waals surface area contributed by atoms with E-state index in [1.807, 2.05) is 32.0 Å². The number of anilines is 1. The maximum atomic E-state index is 12.4. The molecular weight excluding hydrogens is 320 g/mol. The molecule has 4 nitrogen and oxygen atoms in total. The zero-order valence-electron chi connectivity index (χ0n) is 14.4. The topological polar surface area (TPSA) is 58.2 Å². The van der Waals surface area contributed by atoms with Crippen LogP contribution in [0.15, 0.2) is 30.3 Å². The van der Waals surface area contributed by atoms with E-state index < -0.39 is 0 Å². The van der Waals surface area contributed by atoms with Gasteiger partial charge in [-0.15, -0.1) is 11.3 Å². The first kappa shape index (κ1) is 18.2. The van der Waals surface area contributed by atoms with Crippen molar-refractivity contribution in [2.45, 2.75) is 39.5 Å². The van der Waals surface area contributed by atoms with Gasteiger partial charge in [0.1, 0.15) is 5.00 Å². The molecule has 0 fully saturated rings. The molecule has 0 spiro atoms. The van der Waals surface area contributed by atoms with Crippen molar-refractivity contribution in [2.75, 3.05) is 12.4 Å². The Morgan fingerprint density at radius 2 is 1.67 bits per heavy atom. The van der Waals surface area contributed by atoms with Crippen LogP contribution in [0, 0.1) is 0 Å². The lowest BCUT2D eigenvalue weighted by molar-refractivity contribution is 0.0963. The maximum Gasteiger partial charge on any atom is 0.256 e. The fraction of sp³-hybridized carbons (Fsp3) is 0.368. The third-order valence-electron chi connectivity index (χ3n) is 3.89. The van der Waals surface area contributed by atoms with E-state index in [0.717, 1.165) is 31.2 Å². The van der Waals surface area contributed by atoms with Gasteiger partial charge >= 0.3 is 0 Å². The number of hydrogen-bond donors (Lipinski definition) is 2. The molecule has 0 radical (unpaired) electrons. The lowest BCUT2D eigenvalue weighted by atomic mass is 9.95. The first-order valence-electron chi connectivity index (χ1n) is 8.43. The van der Waals surface area contributed by atoms with Crippen LogP contribution in [-0.2, 0) is 12.8 Å². The quantitative estimate of drug-likeness (QED) is 0.874. The van der Waals surface area contributed by atoms with Crippen LogP contribution >= 0.6 is 11.3 Å². The van der Waals surface area contributed by atoms with Gasteiger partial charge in [-0.25, -0.2) is 0 Å². The van der Waals surface area contributed by atoms with E-state index in [1.165, 1.54) is 16.2 Å². The normalized spacial score (nSPS) is 12.5. The lowest BCUT2D eigenvalue weighted by Gasteiger charge is -2.12. The first-order valence-corrected chi connectivity index (χ1v) is 9.25. The molecule has 0 atom stereocenters. The van der Waals surface area contributed by atoms with E-state index in [2.05, 4.69) is 10.6 Å². The molecule has 1 heterocycles. The number of rotatable bonds is 3. The van der Waals surface area contributed by atoms with Crippen molar-refractivity contribution in [3.05, 3.63) is 51.9 Å². The summed E-state index contributed by atoms with van der Waals surface area (Å²) in [6, 6.07) is 9.06. The van der Waals surface area contributed by atoms with Crippen LogP contribution in [0.2, 0.25) is 0 Å². The van der Waals surface area contributed by atoms with Crippen molar-refractivity contribution in [3.63, 3.8) is 0 Å². The van der Waals surface area contributed by atoms with Gasteiger partial charge in [0, 0.05) is 17.5 Å². The predicted octanol–water partition coefficient (Wildman–Crippen LogP) is 4.27. The van der Waals surface area contributed by atoms with Gasteiger partial charge < -0.3 is 10.6 Å². The third-order valence-corrected chi connectivity index (χ3v) is 5.10. The smallest absolute Gasteiger partial charge is 0.256 e. The number of nitrogens with one attached hydrogen (secondary N) is 2. The van der Waals surface area contributed by atoms with Crippen molar-refractivity contribution in [3.8, 4) is 0 Å². The largest absolute Gasteiger partial charge is 0.355 e. The molecule has 0 aliphatic heterocycles. The number of benzene rings is 1. The molecule has 0 saturated carbocycles. The second kappa shape index (κ2) is 8.64. The number of aryl methyl sites for hydroxylation is 1. The van der Waals surface area contributed by atoms with Crippen LogP contribution < -0.4 is 10.6 Å². The summed E-state index contributed by atoms with van der Waals surface area (Å²) in [6.07, 6.45) is 4.15. The fourth-order valence-corrected chi connectivity index (χ4v) is 4.07. The van der Waals surface area contributed by atoms with E-state index in [-0.39, 0.29) is 11.8 Å². The molecule has 2 N–H and O–H groups in total. The second-order valence-electron chi connectivity index (χ2n) is 5.31. The number of hydrogen-bond acceptors (Lipinski definition) is 3. The van der Waals surface area contributed by atoms with Crippen LogP contribution in [0.5, 0.6) is 0 Å². The summed E-state index contributed by atoms with van der Waals surface area (Å²) >= 11 is 1.54. The summed E-state index contributed by atoms with van der Waals surface area (Å²) < 4.78 is 0. The van der Waals surface area contributed by atoms with Crippen molar-refractivity contribution in [1.82, 2.24) is 5.32 Å². The van der Waals surface area contributed by atoms with Crippen molar-refractivity contribution in [2.24, 2.45) is 0 Å². The number of fused-ring (bicyclic) bond motifs is 1. The minimum atomic E-state index is -0.177. The van der Waals surface area contributed by atoms with Gasteiger partial charge in [-0.1, -0.05) is 32.0 Å². The molecule has 24 heavy (non-hydrogen) atoms. The number of amides is 2. The lowest BCUT2D eigenvalue weighted by Crippen LogP contribution is -2.22.